The number of hydrogen-bond acceptors (Lipinski definition) is 8. The quantitative estimate of drug-likeness (QED) is 0.481. The molecule has 0 atom stereocenters. The smallest absolute Gasteiger partial charge is 0.150 e. The topological polar surface area (TPSA) is 54.4 Å². The molecule has 0 unspecified atom stereocenters. The molecule has 1 aliphatic heterocycles. The van der Waals surface area contributed by atoms with Crippen LogP contribution in [-0.4, -0.2) is 53.1 Å². The van der Waals surface area contributed by atoms with E-state index in [4.69, 9.17) is 9.72 Å². The first kappa shape index (κ1) is 18.5. The molecule has 0 amide bonds. The van der Waals surface area contributed by atoms with Crippen LogP contribution in [0, 0.1) is 0 Å². The maximum Gasteiger partial charge on any atom is 0.150 e. The van der Waals surface area contributed by atoms with E-state index in [1.54, 1.807) is 36.1 Å². The van der Waals surface area contributed by atoms with E-state index in [-0.39, 0.29) is 0 Å². The lowest BCUT2D eigenvalue weighted by Gasteiger charge is -2.35. The van der Waals surface area contributed by atoms with Crippen LogP contribution in [0.3, 0.4) is 0 Å². The number of piperazine rings is 1. The largest absolute Gasteiger partial charge is 0.497 e. The Morgan fingerprint density at radius 2 is 1.83 bits per heavy atom. The summed E-state index contributed by atoms with van der Waals surface area (Å²) in [6.07, 6.45) is 1.67. The normalized spacial score (nSPS) is 15.1. The standard InChI is InChI=1S/C21H21N5OS2/c1-27-17-4-2-15(3-5-17)21-24-16(13-29-21)12-25-7-9-26(10-8-25)20-19-18(6-11-28-19)22-14-23-20/h2-6,11,13-14H,7-10,12H2,1H3. The Kier molecular flexibility index (Phi) is 5.13. The van der Waals surface area contributed by atoms with Gasteiger partial charge < -0.3 is 9.64 Å². The van der Waals surface area contributed by atoms with Crippen molar-refractivity contribution in [1.82, 2.24) is 19.9 Å². The zero-order chi connectivity index (χ0) is 19.6. The first-order valence-electron chi connectivity index (χ1n) is 9.54. The summed E-state index contributed by atoms with van der Waals surface area (Å²) in [6, 6.07) is 10.1. The molecule has 0 radical (unpaired) electrons. The molecular formula is C21H21N5OS2. The fraction of sp³-hybridized carbons (Fsp3) is 0.286. The summed E-state index contributed by atoms with van der Waals surface area (Å²) in [5.74, 6) is 1.94. The summed E-state index contributed by atoms with van der Waals surface area (Å²) >= 11 is 3.42. The molecular weight excluding hydrogens is 402 g/mol. The molecule has 1 saturated heterocycles. The number of hydrogen-bond donors (Lipinski definition) is 0. The van der Waals surface area contributed by atoms with Gasteiger partial charge in [-0.2, -0.15) is 0 Å². The highest BCUT2D eigenvalue weighted by Crippen LogP contribution is 2.29. The summed E-state index contributed by atoms with van der Waals surface area (Å²) < 4.78 is 6.42. The highest BCUT2D eigenvalue weighted by molar-refractivity contribution is 7.17. The molecule has 8 heteroatoms. The molecule has 5 rings (SSSR count). The second-order valence-corrected chi connectivity index (χ2v) is 8.74. The Morgan fingerprint density at radius 3 is 2.62 bits per heavy atom. The van der Waals surface area contributed by atoms with Crippen molar-refractivity contribution in [3.05, 3.63) is 53.1 Å². The van der Waals surface area contributed by atoms with Crippen LogP contribution in [0.25, 0.3) is 20.8 Å². The van der Waals surface area contributed by atoms with Gasteiger partial charge in [-0.05, 0) is 35.7 Å². The molecule has 0 spiro atoms. The number of nitrogens with zero attached hydrogens (tertiary/aromatic N) is 5. The number of aromatic nitrogens is 3. The first-order chi connectivity index (χ1) is 14.3. The molecule has 148 valence electrons. The van der Waals surface area contributed by atoms with Gasteiger partial charge in [0.25, 0.3) is 0 Å². The molecule has 4 heterocycles. The van der Waals surface area contributed by atoms with Crippen molar-refractivity contribution >= 4 is 38.7 Å². The molecule has 3 aromatic heterocycles. The van der Waals surface area contributed by atoms with E-state index in [0.29, 0.717) is 0 Å². The van der Waals surface area contributed by atoms with Gasteiger partial charge in [-0.15, -0.1) is 22.7 Å². The SMILES string of the molecule is COc1ccc(-c2nc(CN3CCN(c4ncnc5ccsc45)CC3)cs2)cc1. The van der Waals surface area contributed by atoms with E-state index in [2.05, 4.69) is 48.7 Å². The molecule has 29 heavy (non-hydrogen) atoms. The maximum absolute atomic E-state index is 5.24. The minimum atomic E-state index is 0.868. The molecule has 1 fully saturated rings. The third-order valence-corrected chi connectivity index (χ3v) is 7.01. The lowest BCUT2D eigenvalue weighted by atomic mass is 10.2. The van der Waals surface area contributed by atoms with Gasteiger partial charge in [0.15, 0.2) is 0 Å². The van der Waals surface area contributed by atoms with Gasteiger partial charge in [0.1, 0.15) is 22.9 Å². The number of methoxy groups -OCH3 is 1. The van der Waals surface area contributed by atoms with Crippen molar-refractivity contribution in [3.8, 4) is 16.3 Å². The van der Waals surface area contributed by atoms with Gasteiger partial charge in [-0.25, -0.2) is 15.0 Å². The number of thiophene rings is 1. The van der Waals surface area contributed by atoms with Crippen molar-refractivity contribution in [2.45, 2.75) is 6.54 Å². The zero-order valence-electron chi connectivity index (χ0n) is 16.1. The molecule has 4 aromatic rings. The molecule has 6 nitrogen and oxygen atoms in total. The van der Waals surface area contributed by atoms with Crippen molar-refractivity contribution < 1.29 is 4.74 Å². The van der Waals surface area contributed by atoms with Gasteiger partial charge in [0.05, 0.1) is 23.0 Å². The van der Waals surface area contributed by atoms with E-state index in [1.165, 1.54) is 4.70 Å². The van der Waals surface area contributed by atoms with Crippen LogP contribution in [0.4, 0.5) is 5.82 Å². The molecule has 0 saturated carbocycles. The third kappa shape index (κ3) is 3.83. The summed E-state index contributed by atoms with van der Waals surface area (Å²) in [5, 5.41) is 5.31. The minimum absolute atomic E-state index is 0.868. The zero-order valence-corrected chi connectivity index (χ0v) is 17.7. The van der Waals surface area contributed by atoms with E-state index in [9.17, 15) is 0 Å². The highest BCUT2D eigenvalue weighted by atomic mass is 32.1. The van der Waals surface area contributed by atoms with E-state index in [0.717, 1.165) is 66.1 Å². The molecule has 1 aromatic carbocycles. The average Bonchev–Trinajstić information content (AvgIpc) is 3.44. The van der Waals surface area contributed by atoms with Crippen molar-refractivity contribution in [2.24, 2.45) is 0 Å². The van der Waals surface area contributed by atoms with Gasteiger partial charge >= 0.3 is 0 Å². The number of anilines is 1. The summed E-state index contributed by atoms with van der Waals surface area (Å²) in [5.41, 5.74) is 3.31. The Bertz CT molecular complexity index is 1100. The average molecular weight is 424 g/mol. The van der Waals surface area contributed by atoms with E-state index in [1.807, 2.05) is 12.1 Å². The number of fused-ring (bicyclic) bond motifs is 1. The summed E-state index contributed by atoms with van der Waals surface area (Å²) in [6.45, 7) is 4.84. The van der Waals surface area contributed by atoms with Crippen LogP contribution in [0.1, 0.15) is 5.69 Å². The predicted octanol–water partition coefficient (Wildman–Crippen LogP) is 4.15. The predicted molar refractivity (Wildman–Crippen MR) is 119 cm³/mol. The number of thiazole rings is 1. The fourth-order valence-electron chi connectivity index (χ4n) is 3.59. The monoisotopic (exact) mass is 423 g/mol. The maximum atomic E-state index is 5.24. The fourth-order valence-corrected chi connectivity index (χ4v) is 5.27. The van der Waals surface area contributed by atoms with Crippen molar-refractivity contribution in [2.75, 3.05) is 38.2 Å². The highest BCUT2D eigenvalue weighted by Gasteiger charge is 2.21. The number of rotatable bonds is 5. The number of benzene rings is 1. The summed E-state index contributed by atoms with van der Waals surface area (Å²) in [4.78, 5) is 18.6. The summed E-state index contributed by atoms with van der Waals surface area (Å²) in [7, 11) is 1.68. The van der Waals surface area contributed by atoms with Gasteiger partial charge in [0.2, 0.25) is 0 Å². The number of ether oxygens (including phenoxy) is 1. The van der Waals surface area contributed by atoms with Crippen molar-refractivity contribution in [3.63, 3.8) is 0 Å². The van der Waals surface area contributed by atoms with Crippen LogP contribution < -0.4 is 9.64 Å². The van der Waals surface area contributed by atoms with Crippen LogP contribution >= 0.6 is 22.7 Å². The Hall–Kier alpha value is -2.55. The minimum Gasteiger partial charge on any atom is -0.497 e. The second kappa shape index (κ2) is 8.06. The van der Waals surface area contributed by atoms with Crippen LogP contribution in [0.2, 0.25) is 0 Å². The molecule has 1 aliphatic rings. The third-order valence-electron chi connectivity index (χ3n) is 5.17. The van der Waals surface area contributed by atoms with Crippen LogP contribution in [0.15, 0.2) is 47.4 Å². The Labute approximate surface area is 177 Å². The second-order valence-electron chi connectivity index (χ2n) is 6.97. The van der Waals surface area contributed by atoms with Crippen molar-refractivity contribution in [1.29, 1.82) is 0 Å². The molecule has 0 aliphatic carbocycles. The Morgan fingerprint density at radius 1 is 1.00 bits per heavy atom. The van der Waals surface area contributed by atoms with Gasteiger partial charge in [-0.3, -0.25) is 4.90 Å². The molecule has 0 bridgehead atoms. The van der Waals surface area contributed by atoms with Crippen LogP contribution in [-0.2, 0) is 6.54 Å². The lowest BCUT2D eigenvalue weighted by molar-refractivity contribution is 0.247. The lowest BCUT2D eigenvalue weighted by Crippen LogP contribution is -2.46. The van der Waals surface area contributed by atoms with Crippen LogP contribution in [0.5, 0.6) is 5.75 Å². The first-order valence-corrected chi connectivity index (χ1v) is 11.3. The Balaban J connectivity index is 1.22. The van der Waals surface area contributed by atoms with Gasteiger partial charge in [-0.1, -0.05) is 0 Å². The van der Waals surface area contributed by atoms with E-state index < -0.39 is 0 Å². The van der Waals surface area contributed by atoms with E-state index >= 15 is 0 Å². The van der Waals surface area contributed by atoms with Gasteiger partial charge in [0, 0.05) is 43.7 Å². The molecule has 0 N–H and O–H groups in total.